The molecule has 0 saturated heterocycles. The lowest BCUT2D eigenvalue weighted by Crippen LogP contribution is -2.21. The van der Waals surface area contributed by atoms with Crippen molar-refractivity contribution in [2.45, 2.75) is 39.2 Å². The maximum absolute atomic E-state index is 11.5. The summed E-state index contributed by atoms with van der Waals surface area (Å²) in [6.45, 7) is 4.44. The summed E-state index contributed by atoms with van der Waals surface area (Å²) in [5.41, 5.74) is 11.0. The molecule has 0 unspecified atom stereocenters. The summed E-state index contributed by atoms with van der Waals surface area (Å²) in [6.07, 6.45) is 4.17. The number of hydrogen-bond acceptors (Lipinski definition) is 3. The number of carbonyl (C=O) groups excluding carboxylic acids is 1. The van der Waals surface area contributed by atoms with Crippen molar-refractivity contribution in [3.05, 3.63) is 95.1 Å². The fraction of sp³-hybridized carbons (Fsp3) is 0.296. The van der Waals surface area contributed by atoms with E-state index in [4.69, 9.17) is 10.5 Å². The second kappa shape index (κ2) is 12.5. The van der Waals surface area contributed by atoms with Crippen LogP contribution in [-0.2, 0) is 25.9 Å². The molecule has 168 valence electrons. The van der Waals surface area contributed by atoms with Gasteiger partial charge in [-0.1, -0.05) is 74.0 Å². The van der Waals surface area contributed by atoms with Crippen LogP contribution in [0.2, 0.25) is 0 Å². The molecule has 0 fully saturated rings. The number of urea groups is 1. The first-order chi connectivity index (χ1) is 15.7. The molecule has 4 N–H and O–H groups in total. The number of anilines is 1. The zero-order valence-corrected chi connectivity index (χ0v) is 18.8. The van der Waals surface area contributed by atoms with E-state index in [1.54, 1.807) is 0 Å². The Hall–Kier alpha value is -3.31. The number of primary amides is 1. The molecule has 5 nitrogen and oxygen atoms in total. The monoisotopic (exact) mass is 431 g/mol. The lowest BCUT2D eigenvalue weighted by Gasteiger charge is -2.14. The molecule has 32 heavy (non-hydrogen) atoms. The molecule has 0 aliphatic heterocycles. The number of amides is 2. The molecule has 3 rings (SSSR count). The summed E-state index contributed by atoms with van der Waals surface area (Å²) in [4.78, 5) is 11.5. The Morgan fingerprint density at radius 1 is 0.844 bits per heavy atom. The van der Waals surface area contributed by atoms with Crippen molar-refractivity contribution >= 4 is 11.7 Å². The van der Waals surface area contributed by atoms with E-state index in [0.29, 0.717) is 18.0 Å². The average molecular weight is 432 g/mol. The molecule has 2 amide bonds. The fourth-order valence-electron chi connectivity index (χ4n) is 3.72. The second-order valence-corrected chi connectivity index (χ2v) is 7.86. The Bertz CT molecular complexity index is 989. The van der Waals surface area contributed by atoms with E-state index in [-0.39, 0.29) is 0 Å². The Kier molecular flexibility index (Phi) is 9.14. The van der Waals surface area contributed by atoms with Crippen LogP contribution in [-0.4, -0.2) is 19.1 Å². The van der Waals surface area contributed by atoms with Gasteiger partial charge in [-0.25, -0.2) is 4.79 Å². The molecule has 0 heterocycles. The van der Waals surface area contributed by atoms with E-state index >= 15 is 0 Å². The zero-order valence-electron chi connectivity index (χ0n) is 18.8. The largest absolute Gasteiger partial charge is 0.487 e. The van der Waals surface area contributed by atoms with Crippen LogP contribution in [0.5, 0.6) is 5.75 Å². The summed E-state index contributed by atoms with van der Waals surface area (Å²) in [7, 11) is 0. The fourth-order valence-corrected chi connectivity index (χ4v) is 3.72. The standard InChI is InChI=1S/C27H33N3O2/c1-2-8-23-11-6-7-12-24(23)16-18-29-17-15-21-13-14-26(25(19-21)30-27(28)31)32-20-22-9-4-3-5-10-22/h3-7,9-14,19,29H,2,8,15-18,20H2,1H3,(H3,28,30,31). The Morgan fingerprint density at radius 3 is 2.25 bits per heavy atom. The van der Waals surface area contributed by atoms with E-state index in [2.05, 4.69) is 41.8 Å². The lowest BCUT2D eigenvalue weighted by atomic mass is 10.0. The molecule has 0 spiro atoms. The van der Waals surface area contributed by atoms with Gasteiger partial charge in [0, 0.05) is 0 Å². The Morgan fingerprint density at radius 2 is 1.53 bits per heavy atom. The number of nitrogens with one attached hydrogen (secondary N) is 2. The van der Waals surface area contributed by atoms with E-state index in [1.807, 2.05) is 48.5 Å². The highest BCUT2D eigenvalue weighted by Crippen LogP contribution is 2.27. The number of carbonyl (C=O) groups is 1. The van der Waals surface area contributed by atoms with Gasteiger partial charge in [0.15, 0.2) is 0 Å². The van der Waals surface area contributed by atoms with Crippen molar-refractivity contribution < 1.29 is 9.53 Å². The maximum Gasteiger partial charge on any atom is 0.316 e. The first-order valence-electron chi connectivity index (χ1n) is 11.3. The minimum atomic E-state index is -0.601. The average Bonchev–Trinajstić information content (AvgIpc) is 2.80. The second-order valence-electron chi connectivity index (χ2n) is 7.86. The van der Waals surface area contributed by atoms with Gasteiger partial charge in [-0.2, -0.15) is 0 Å². The van der Waals surface area contributed by atoms with Crippen LogP contribution in [0.3, 0.4) is 0 Å². The summed E-state index contributed by atoms with van der Waals surface area (Å²) in [5, 5.41) is 6.21. The van der Waals surface area contributed by atoms with Gasteiger partial charge >= 0.3 is 6.03 Å². The SMILES string of the molecule is CCCc1ccccc1CCNCCc1ccc(OCc2ccccc2)c(NC(N)=O)c1. The van der Waals surface area contributed by atoms with Gasteiger partial charge in [0.05, 0.1) is 5.69 Å². The number of aryl methyl sites for hydroxylation is 1. The van der Waals surface area contributed by atoms with E-state index in [9.17, 15) is 4.79 Å². The molecule has 0 atom stereocenters. The highest BCUT2D eigenvalue weighted by molar-refractivity contribution is 5.89. The van der Waals surface area contributed by atoms with Gasteiger partial charge < -0.3 is 21.1 Å². The molecule has 0 aliphatic carbocycles. The third-order valence-electron chi connectivity index (χ3n) is 5.34. The van der Waals surface area contributed by atoms with E-state index in [0.717, 1.165) is 49.9 Å². The van der Waals surface area contributed by atoms with Crippen molar-refractivity contribution in [2.75, 3.05) is 18.4 Å². The Balaban J connectivity index is 1.52. The molecule has 0 aliphatic rings. The molecule has 0 saturated carbocycles. The van der Waals surface area contributed by atoms with Crippen LogP contribution in [0.25, 0.3) is 0 Å². The third-order valence-corrected chi connectivity index (χ3v) is 5.34. The van der Waals surface area contributed by atoms with Crippen LogP contribution in [0.15, 0.2) is 72.8 Å². The first kappa shape index (κ1) is 23.4. The van der Waals surface area contributed by atoms with E-state index < -0.39 is 6.03 Å². The smallest absolute Gasteiger partial charge is 0.316 e. The summed E-state index contributed by atoms with van der Waals surface area (Å²) in [6, 6.07) is 23.9. The summed E-state index contributed by atoms with van der Waals surface area (Å²) >= 11 is 0. The molecule has 3 aromatic rings. The van der Waals surface area contributed by atoms with E-state index in [1.165, 1.54) is 11.1 Å². The predicted octanol–water partition coefficient (Wildman–Crippen LogP) is 5.08. The van der Waals surface area contributed by atoms with Gasteiger partial charge in [0.2, 0.25) is 0 Å². The normalized spacial score (nSPS) is 10.7. The highest BCUT2D eigenvalue weighted by Gasteiger charge is 2.08. The van der Waals surface area contributed by atoms with Gasteiger partial charge in [-0.3, -0.25) is 0 Å². The molecule has 0 aromatic heterocycles. The highest BCUT2D eigenvalue weighted by atomic mass is 16.5. The number of hydrogen-bond donors (Lipinski definition) is 3. The van der Waals surface area contributed by atoms with Crippen molar-refractivity contribution in [3.8, 4) is 5.75 Å². The van der Waals surface area contributed by atoms with Gasteiger partial charge in [-0.05, 0) is 66.7 Å². The number of ether oxygens (including phenoxy) is 1. The third kappa shape index (κ3) is 7.43. The quantitative estimate of drug-likeness (QED) is 0.350. The summed E-state index contributed by atoms with van der Waals surface area (Å²) < 4.78 is 5.92. The lowest BCUT2D eigenvalue weighted by molar-refractivity contribution is 0.259. The van der Waals surface area contributed by atoms with Crippen molar-refractivity contribution in [1.29, 1.82) is 0 Å². The Labute approximate surface area is 191 Å². The van der Waals surface area contributed by atoms with Crippen LogP contribution in [0, 0.1) is 0 Å². The topological polar surface area (TPSA) is 76.4 Å². The minimum absolute atomic E-state index is 0.425. The molecular weight excluding hydrogens is 398 g/mol. The van der Waals surface area contributed by atoms with Crippen LogP contribution in [0.1, 0.15) is 35.6 Å². The number of rotatable bonds is 12. The zero-order chi connectivity index (χ0) is 22.6. The number of benzene rings is 3. The van der Waals surface area contributed by atoms with Gasteiger partial charge in [0.25, 0.3) is 0 Å². The molecule has 3 aromatic carbocycles. The van der Waals surface area contributed by atoms with Crippen molar-refractivity contribution in [1.82, 2.24) is 5.32 Å². The number of nitrogens with two attached hydrogens (primary N) is 1. The molecular formula is C27H33N3O2. The minimum Gasteiger partial charge on any atom is -0.487 e. The molecule has 5 heteroatoms. The van der Waals surface area contributed by atoms with Gasteiger partial charge in [-0.15, -0.1) is 0 Å². The van der Waals surface area contributed by atoms with Gasteiger partial charge in [0.1, 0.15) is 12.4 Å². The van der Waals surface area contributed by atoms with Crippen LogP contribution < -0.4 is 21.1 Å². The van der Waals surface area contributed by atoms with Crippen LogP contribution in [0.4, 0.5) is 10.5 Å². The summed E-state index contributed by atoms with van der Waals surface area (Å²) in [5.74, 6) is 0.608. The van der Waals surface area contributed by atoms with Crippen molar-refractivity contribution in [3.63, 3.8) is 0 Å². The first-order valence-corrected chi connectivity index (χ1v) is 11.3. The molecule has 0 bridgehead atoms. The maximum atomic E-state index is 11.5. The van der Waals surface area contributed by atoms with Crippen LogP contribution >= 0.6 is 0 Å². The predicted molar refractivity (Wildman–Crippen MR) is 131 cm³/mol. The van der Waals surface area contributed by atoms with Crippen molar-refractivity contribution in [2.24, 2.45) is 5.73 Å². The molecule has 0 radical (unpaired) electrons.